The van der Waals surface area contributed by atoms with Crippen molar-refractivity contribution < 1.29 is 14.6 Å². The van der Waals surface area contributed by atoms with Gasteiger partial charge < -0.3 is 15.2 Å². The summed E-state index contributed by atoms with van der Waals surface area (Å²) in [4.78, 5) is 10.7. The molecule has 5 heteroatoms. The normalized spacial score (nSPS) is 10.2. The average molecular weight is 350 g/mol. The summed E-state index contributed by atoms with van der Waals surface area (Å²) in [5, 5.41) is 12.1. The highest BCUT2D eigenvalue weighted by molar-refractivity contribution is 9.10. The van der Waals surface area contributed by atoms with Gasteiger partial charge in [0, 0.05) is 16.7 Å². The fraction of sp³-hybridized carbons (Fsp3) is 0.188. The maximum Gasteiger partial charge on any atom is 0.335 e. The van der Waals surface area contributed by atoms with E-state index in [0.717, 1.165) is 10.2 Å². The van der Waals surface area contributed by atoms with Gasteiger partial charge in [-0.25, -0.2) is 4.79 Å². The molecule has 0 heterocycles. The van der Waals surface area contributed by atoms with Crippen LogP contribution in [0.25, 0.3) is 0 Å². The lowest BCUT2D eigenvalue weighted by atomic mass is 10.2. The van der Waals surface area contributed by atoms with Crippen LogP contribution in [0.5, 0.6) is 5.75 Å². The van der Waals surface area contributed by atoms with Crippen molar-refractivity contribution in [3.05, 3.63) is 58.1 Å². The number of hydrogen-bond donors (Lipinski definition) is 2. The number of halogens is 1. The Morgan fingerprint density at radius 3 is 2.62 bits per heavy atom. The van der Waals surface area contributed by atoms with Crippen LogP contribution < -0.4 is 10.1 Å². The number of hydrogen-bond acceptors (Lipinski definition) is 3. The van der Waals surface area contributed by atoms with E-state index in [0.29, 0.717) is 18.9 Å². The van der Waals surface area contributed by atoms with Crippen molar-refractivity contribution >= 4 is 27.6 Å². The third-order valence-electron chi connectivity index (χ3n) is 2.91. The van der Waals surface area contributed by atoms with Crippen LogP contribution in [0.2, 0.25) is 0 Å². The minimum atomic E-state index is -0.937. The van der Waals surface area contributed by atoms with Gasteiger partial charge in [0.1, 0.15) is 12.4 Å². The molecular weight excluding hydrogens is 334 g/mol. The fourth-order valence-electron chi connectivity index (χ4n) is 1.82. The van der Waals surface area contributed by atoms with Crippen molar-refractivity contribution in [2.75, 3.05) is 18.5 Å². The van der Waals surface area contributed by atoms with Gasteiger partial charge >= 0.3 is 5.97 Å². The van der Waals surface area contributed by atoms with Gasteiger partial charge in [-0.2, -0.15) is 0 Å². The zero-order valence-electron chi connectivity index (χ0n) is 11.6. The molecule has 21 heavy (non-hydrogen) atoms. The maximum absolute atomic E-state index is 10.7. The minimum Gasteiger partial charge on any atom is -0.492 e. The van der Waals surface area contributed by atoms with E-state index in [1.165, 1.54) is 17.7 Å². The Hall–Kier alpha value is -2.01. The van der Waals surface area contributed by atoms with Crippen molar-refractivity contribution in [3.63, 3.8) is 0 Å². The second kappa shape index (κ2) is 7.13. The highest BCUT2D eigenvalue weighted by atomic mass is 79.9. The molecule has 0 atom stereocenters. The zero-order chi connectivity index (χ0) is 15.2. The van der Waals surface area contributed by atoms with Crippen LogP contribution >= 0.6 is 15.9 Å². The van der Waals surface area contributed by atoms with Gasteiger partial charge in [-0.05, 0) is 64.8 Å². The molecule has 0 aliphatic rings. The van der Waals surface area contributed by atoms with E-state index in [1.54, 1.807) is 12.1 Å². The number of rotatable bonds is 6. The van der Waals surface area contributed by atoms with Gasteiger partial charge in [0.05, 0.1) is 5.56 Å². The number of carbonyl (C=O) groups is 1. The Morgan fingerprint density at radius 2 is 1.95 bits per heavy atom. The highest BCUT2D eigenvalue weighted by Crippen LogP contribution is 2.23. The topological polar surface area (TPSA) is 58.6 Å². The molecule has 0 fully saturated rings. The summed E-state index contributed by atoms with van der Waals surface area (Å²) in [6, 6.07) is 12.5. The number of ether oxygens (including phenoxy) is 1. The van der Waals surface area contributed by atoms with Crippen molar-refractivity contribution in [1.82, 2.24) is 0 Å². The zero-order valence-corrected chi connectivity index (χ0v) is 13.2. The summed E-state index contributed by atoms with van der Waals surface area (Å²) in [7, 11) is 0. The summed E-state index contributed by atoms with van der Waals surface area (Å²) in [6.07, 6.45) is 0. The lowest BCUT2D eigenvalue weighted by Crippen LogP contribution is -2.12. The van der Waals surface area contributed by atoms with Gasteiger partial charge in [0.15, 0.2) is 0 Å². The number of aromatic carboxylic acids is 1. The van der Waals surface area contributed by atoms with Crippen LogP contribution in [0, 0.1) is 6.92 Å². The van der Waals surface area contributed by atoms with E-state index in [-0.39, 0.29) is 5.56 Å². The molecule has 0 aliphatic heterocycles. The van der Waals surface area contributed by atoms with Crippen molar-refractivity contribution in [2.45, 2.75) is 6.92 Å². The van der Waals surface area contributed by atoms with Gasteiger partial charge in [-0.15, -0.1) is 0 Å². The minimum absolute atomic E-state index is 0.254. The number of nitrogens with one attached hydrogen (secondary N) is 1. The average Bonchev–Trinajstić information content (AvgIpc) is 2.47. The molecule has 0 saturated heterocycles. The Kier molecular flexibility index (Phi) is 5.22. The number of carboxylic acid groups (broad SMARTS) is 1. The van der Waals surface area contributed by atoms with Crippen LogP contribution in [0.4, 0.5) is 5.69 Å². The van der Waals surface area contributed by atoms with E-state index in [1.807, 2.05) is 19.1 Å². The number of benzene rings is 2. The first kappa shape index (κ1) is 15.4. The molecule has 2 aromatic rings. The SMILES string of the molecule is Cc1ccc(Br)c(NCCOc2ccc(C(=O)O)cc2)c1. The van der Waals surface area contributed by atoms with Crippen LogP contribution in [0.15, 0.2) is 46.9 Å². The molecule has 0 bridgehead atoms. The lowest BCUT2D eigenvalue weighted by molar-refractivity contribution is 0.0697. The van der Waals surface area contributed by atoms with E-state index >= 15 is 0 Å². The first-order chi connectivity index (χ1) is 10.1. The quantitative estimate of drug-likeness (QED) is 0.775. The second-order valence-corrected chi connectivity index (χ2v) is 5.44. The van der Waals surface area contributed by atoms with Gasteiger partial charge in [-0.1, -0.05) is 6.07 Å². The molecule has 0 spiro atoms. The molecule has 110 valence electrons. The number of anilines is 1. The Morgan fingerprint density at radius 1 is 1.24 bits per heavy atom. The molecular formula is C16H16BrNO3. The van der Waals surface area contributed by atoms with E-state index < -0.39 is 5.97 Å². The van der Waals surface area contributed by atoms with Crippen LogP contribution in [0.1, 0.15) is 15.9 Å². The van der Waals surface area contributed by atoms with Crippen LogP contribution in [0.3, 0.4) is 0 Å². The third-order valence-corrected chi connectivity index (χ3v) is 3.60. The molecule has 0 aliphatic carbocycles. The summed E-state index contributed by atoms with van der Waals surface area (Å²) in [6.45, 7) is 3.19. The number of aryl methyl sites for hydroxylation is 1. The summed E-state index contributed by atoms with van der Waals surface area (Å²) >= 11 is 3.49. The largest absolute Gasteiger partial charge is 0.492 e. The highest BCUT2D eigenvalue weighted by Gasteiger charge is 2.02. The van der Waals surface area contributed by atoms with Crippen LogP contribution in [-0.4, -0.2) is 24.2 Å². The van der Waals surface area contributed by atoms with Gasteiger partial charge in [-0.3, -0.25) is 0 Å². The molecule has 2 aromatic carbocycles. The predicted molar refractivity (Wildman–Crippen MR) is 86.3 cm³/mol. The number of carboxylic acids is 1. The van der Waals surface area contributed by atoms with Crippen molar-refractivity contribution in [2.24, 2.45) is 0 Å². The fourth-order valence-corrected chi connectivity index (χ4v) is 2.21. The Bertz CT molecular complexity index is 626. The smallest absolute Gasteiger partial charge is 0.335 e. The summed E-state index contributed by atoms with van der Waals surface area (Å²) in [5.74, 6) is -0.280. The molecule has 0 aromatic heterocycles. The van der Waals surface area contributed by atoms with Gasteiger partial charge in [0.2, 0.25) is 0 Å². The maximum atomic E-state index is 10.7. The first-order valence-electron chi connectivity index (χ1n) is 6.52. The van der Waals surface area contributed by atoms with Gasteiger partial charge in [0.25, 0.3) is 0 Å². The summed E-state index contributed by atoms with van der Waals surface area (Å²) in [5.41, 5.74) is 2.47. The summed E-state index contributed by atoms with van der Waals surface area (Å²) < 4.78 is 6.57. The molecule has 0 saturated carbocycles. The monoisotopic (exact) mass is 349 g/mol. The van der Waals surface area contributed by atoms with Crippen molar-refractivity contribution in [1.29, 1.82) is 0 Å². The van der Waals surface area contributed by atoms with E-state index in [2.05, 4.69) is 27.3 Å². The van der Waals surface area contributed by atoms with E-state index in [4.69, 9.17) is 9.84 Å². The molecule has 4 nitrogen and oxygen atoms in total. The van der Waals surface area contributed by atoms with E-state index in [9.17, 15) is 4.79 Å². The first-order valence-corrected chi connectivity index (χ1v) is 7.32. The van der Waals surface area contributed by atoms with Crippen molar-refractivity contribution in [3.8, 4) is 5.75 Å². The lowest BCUT2D eigenvalue weighted by Gasteiger charge is -2.11. The Labute approximate surface area is 131 Å². The third kappa shape index (κ3) is 4.49. The molecule has 0 amide bonds. The molecule has 2 N–H and O–H groups in total. The molecule has 0 unspecified atom stereocenters. The predicted octanol–water partition coefficient (Wildman–Crippen LogP) is 3.95. The molecule has 0 radical (unpaired) electrons. The van der Waals surface area contributed by atoms with Crippen LogP contribution in [-0.2, 0) is 0 Å². The second-order valence-electron chi connectivity index (χ2n) is 4.59. The Balaban J connectivity index is 1.81. The molecule has 2 rings (SSSR count). The standard InChI is InChI=1S/C16H16BrNO3/c1-11-2-7-14(17)15(10-11)18-8-9-21-13-5-3-12(4-6-13)16(19)20/h2-7,10,18H,8-9H2,1H3,(H,19,20).